The van der Waals surface area contributed by atoms with Crippen LogP contribution in [0.25, 0.3) is 0 Å². The van der Waals surface area contributed by atoms with Crippen LogP contribution in [0.1, 0.15) is 23.2 Å². The third-order valence-electron chi connectivity index (χ3n) is 2.05. The second-order valence-corrected chi connectivity index (χ2v) is 3.97. The van der Waals surface area contributed by atoms with Gasteiger partial charge >= 0.3 is 6.18 Å². The van der Waals surface area contributed by atoms with Crippen LogP contribution in [0.5, 0.6) is 0 Å². The number of halogens is 4. The zero-order valence-electron chi connectivity index (χ0n) is 9.22. The second kappa shape index (κ2) is 5.90. The molecule has 18 heavy (non-hydrogen) atoms. The van der Waals surface area contributed by atoms with E-state index < -0.39 is 18.5 Å². The summed E-state index contributed by atoms with van der Waals surface area (Å²) in [5.74, 6) is -0.447. The van der Waals surface area contributed by atoms with E-state index in [1.165, 1.54) is 12.3 Å². The smallest absolute Gasteiger partial charge is 0.382 e. The maximum absolute atomic E-state index is 11.8. The van der Waals surface area contributed by atoms with Gasteiger partial charge in [0, 0.05) is 19.2 Å². The minimum atomic E-state index is -4.21. The lowest BCUT2D eigenvalue weighted by Crippen LogP contribution is -2.25. The number of nitrogen functional groups attached to an aromatic ring is 1. The third kappa shape index (κ3) is 4.79. The van der Waals surface area contributed by atoms with Crippen LogP contribution in [0.2, 0.25) is 5.02 Å². The van der Waals surface area contributed by atoms with Gasteiger partial charge in [-0.1, -0.05) is 11.6 Å². The first-order chi connectivity index (χ1) is 8.29. The fraction of sp³-hybridized carbons (Fsp3) is 0.400. The zero-order valence-corrected chi connectivity index (χ0v) is 9.98. The molecule has 0 saturated heterocycles. The van der Waals surface area contributed by atoms with Crippen LogP contribution in [0.4, 0.5) is 19.0 Å². The molecule has 0 aromatic carbocycles. The number of aromatic nitrogens is 1. The molecule has 0 aliphatic carbocycles. The standard InChI is InChI=1S/C10H11ClF3N3O/c11-7-4-6(5-17-8(7)15)9(18)16-3-1-2-10(12,13)14/h4-5H,1-3H2,(H2,15,17)(H,16,18). The Morgan fingerprint density at radius 2 is 2.17 bits per heavy atom. The number of pyridine rings is 1. The van der Waals surface area contributed by atoms with E-state index in [4.69, 9.17) is 17.3 Å². The summed E-state index contributed by atoms with van der Waals surface area (Å²) >= 11 is 5.66. The van der Waals surface area contributed by atoms with Crippen LogP contribution in [0, 0.1) is 0 Å². The normalized spacial score (nSPS) is 11.3. The Balaban J connectivity index is 2.43. The second-order valence-electron chi connectivity index (χ2n) is 3.57. The van der Waals surface area contributed by atoms with Crippen LogP contribution in [0.3, 0.4) is 0 Å². The Labute approximate surface area is 106 Å². The molecule has 0 fully saturated rings. The minimum Gasteiger partial charge on any atom is -0.382 e. The molecular formula is C10H11ClF3N3O. The number of nitrogens with two attached hydrogens (primary N) is 1. The molecule has 4 nitrogen and oxygen atoms in total. The summed E-state index contributed by atoms with van der Waals surface area (Å²) in [5, 5.41) is 2.46. The molecule has 1 aromatic heterocycles. The van der Waals surface area contributed by atoms with Gasteiger partial charge in [-0.3, -0.25) is 4.79 Å². The van der Waals surface area contributed by atoms with Crippen LogP contribution in [0.15, 0.2) is 12.3 Å². The number of nitrogens with one attached hydrogen (secondary N) is 1. The van der Waals surface area contributed by atoms with E-state index in [1.54, 1.807) is 0 Å². The number of hydrogen-bond donors (Lipinski definition) is 2. The van der Waals surface area contributed by atoms with Crippen molar-refractivity contribution in [3.63, 3.8) is 0 Å². The van der Waals surface area contributed by atoms with E-state index in [2.05, 4.69) is 10.3 Å². The van der Waals surface area contributed by atoms with Crippen LogP contribution in [-0.4, -0.2) is 23.6 Å². The molecule has 0 spiro atoms. The number of alkyl halides is 3. The molecule has 3 N–H and O–H groups in total. The van der Waals surface area contributed by atoms with E-state index in [9.17, 15) is 18.0 Å². The number of hydrogen-bond acceptors (Lipinski definition) is 3. The highest BCUT2D eigenvalue weighted by atomic mass is 35.5. The highest BCUT2D eigenvalue weighted by Crippen LogP contribution is 2.20. The molecule has 0 bridgehead atoms. The van der Waals surface area contributed by atoms with Gasteiger partial charge in [-0.25, -0.2) is 4.98 Å². The first-order valence-corrected chi connectivity index (χ1v) is 5.43. The van der Waals surface area contributed by atoms with Crippen molar-refractivity contribution in [1.29, 1.82) is 0 Å². The molecule has 1 rings (SSSR count). The van der Waals surface area contributed by atoms with Crippen LogP contribution in [-0.2, 0) is 0 Å². The van der Waals surface area contributed by atoms with E-state index in [-0.39, 0.29) is 29.4 Å². The number of amides is 1. The molecule has 0 atom stereocenters. The number of nitrogens with zero attached hydrogens (tertiary/aromatic N) is 1. The van der Waals surface area contributed by atoms with E-state index >= 15 is 0 Å². The summed E-state index contributed by atoms with van der Waals surface area (Å²) in [4.78, 5) is 15.2. The van der Waals surface area contributed by atoms with Crippen molar-refractivity contribution in [2.45, 2.75) is 19.0 Å². The van der Waals surface area contributed by atoms with Gasteiger partial charge in [-0.05, 0) is 12.5 Å². The molecule has 1 aromatic rings. The topological polar surface area (TPSA) is 68.0 Å². The fourth-order valence-electron chi connectivity index (χ4n) is 1.17. The summed E-state index contributed by atoms with van der Waals surface area (Å²) in [7, 11) is 0. The van der Waals surface area contributed by atoms with Gasteiger partial charge in [0.25, 0.3) is 5.91 Å². The lowest BCUT2D eigenvalue weighted by atomic mass is 10.2. The van der Waals surface area contributed by atoms with Gasteiger partial charge < -0.3 is 11.1 Å². The molecule has 0 aliphatic heterocycles. The average Bonchev–Trinajstić information content (AvgIpc) is 2.26. The van der Waals surface area contributed by atoms with Gasteiger partial charge in [-0.2, -0.15) is 13.2 Å². The van der Waals surface area contributed by atoms with Gasteiger partial charge in [0.2, 0.25) is 0 Å². The van der Waals surface area contributed by atoms with Crippen molar-refractivity contribution in [3.05, 3.63) is 22.8 Å². The van der Waals surface area contributed by atoms with E-state index in [1.807, 2.05) is 0 Å². The largest absolute Gasteiger partial charge is 0.389 e. The molecule has 0 saturated carbocycles. The predicted octanol–water partition coefficient (Wildman–Crippen LogP) is 2.39. The number of rotatable bonds is 4. The summed E-state index contributed by atoms with van der Waals surface area (Å²) in [6.45, 7) is -0.0691. The number of carbonyl (C=O) groups is 1. The predicted molar refractivity (Wildman–Crippen MR) is 61.3 cm³/mol. The Hall–Kier alpha value is -1.50. The minimum absolute atomic E-state index is 0.0691. The molecule has 1 amide bonds. The highest BCUT2D eigenvalue weighted by Gasteiger charge is 2.26. The van der Waals surface area contributed by atoms with Crippen molar-refractivity contribution in [2.75, 3.05) is 12.3 Å². The van der Waals surface area contributed by atoms with Gasteiger partial charge in [0.05, 0.1) is 10.6 Å². The number of anilines is 1. The van der Waals surface area contributed by atoms with Crippen LogP contribution >= 0.6 is 11.6 Å². The summed E-state index contributed by atoms with van der Waals surface area (Å²) in [5.41, 5.74) is 5.51. The zero-order chi connectivity index (χ0) is 13.8. The average molecular weight is 282 g/mol. The molecular weight excluding hydrogens is 271 g/mol. The third-order valence-corrected chi connectivity index (χ3v) is 2.36. The first-order valence-electron chi connectivity index (χ1n) is 5.05. The maximum atomic E-state index is 11.8. The molecule has 0 radical (unpaired) electrons. The lowest BCUT2D eigenvalue weighted by Gasteiger charge is -2.07. The lowest BCUT2D eigenvalue weighted by molar-refractivity contribution is -0.135. The Morgan fingerprint density at radius 3 is 2.72 bits per heavy atom. The molecule has 8 heteroatoms. The van der Waals surface area contributed by atoms with Crippen LogP contribution < -0.4 is 11.1 Å². The highest BCUT2D eigenvalue weighted by molar-refractivity contribution is 6.33. The van der Waals surface area contributed by atoms with Crippen molar-refractivity contribution in [2.24, 2.45) is 0 Å². The van der Waals surface area contributed by atoms with Crippen molar-refractivity contribution in [1.82, 2.24) is 10.3 Å². The maximum Gasteiger partial charge on any atom is 0.389 e. The van der Waals surface area contributed by atoms with Gasteiger partial charge in [0.1, 0.15) is 5.82 Å². The Kier molecular flexibility index (Phi) is 4.77. The number of carbonyl (C=O) groups excluding carboxylic acids is 1. The van der Waals surface area contributed by atoms with Gasteiger partial charge in [-0.15, -0.1) is 0 Å². The molecule has 1 heterocycles. The Morgan fingerprint density at radius 1 is 1.50 bits per heavy atom. The van der Waals surface area contributed by atoms with Crippen molar-refractivity contribution >= 4 is 23.3 Å². The van der Waals surface area contributed by atoms with E-state index in [0.717, 1.165) is 0 Å². The SMILES string of the molecule is Nc1ncc(C(=O)NCCCC(F)(F)F)cc1Cl. The summed E-state index contributed by atoms with van der Waals surface area (Å²) in [6, 6.07) is 1.31. The fourth-order valence-corrected chi connectivity index (χ4v) is 1.33. The molecule has 0 unspecified atom stereocenters. The Bertz CT molecular complexity index is 437. The monoisotopic (exact) mass is 281 g/mol. The van der Waals surface area contributed by atoms with Crippen molar-refractivity contribution in [3.8, 4) is 0 Å². The molecule has 0 aliphatic rings. The quantitative estimate of drug-likeness (QED) is 0.833. The summed E-state index contributed by atoms with van der Waals surface area (Å²) < 4.78 is 35.5. The van der Waals surface area contributed by atoms with E-state index in [0.29, 0.717) is 0 Å². The van der Waals surface area contributed by atoms with Crippen molar-refractivity contribution < 1.29 is 18.0 Å². The van der Waals surface area contributed by atoms with Gasteiger partial charge in [0.15, 0.2) is 0 Å². The molecule has 100 valence electrons. The first kappa shape index (κ1) is 14.6. The summed E-state index contributed by atoms with van der Waals surface area (Å²) in [6.07, 6.45) is -4.11.